The molecule has 2 heteroatoms. The van der Waals surface area contributed by atoms with Crippen LogP contribution in [0, 0.1) is 22.7 Å². The highest BCUT2D eigenvalue weighted by Gasteiger charge is 2.62. The Labute approximate surface area is 123 Å². The molecule has 0 aliphatic heterocycles. The highest BCUT2D eigenvalue weighted by atomic mass is 16.5. The average Bonchev–Trinajstić information content (AvgIpc) is 3.02. The lowest BCUT2D eigenvalue weighted by molar-refractivity contribution is -0.157. The van der Waals surface area contributed by atoms with Gasteiger partial charge in [-0.05, 0) is 42.9 Å². The maximum absolute atomic E-state index is 12.2. The van der Waals surface area contributed by atoms with E-state index in [0.29, 0.717) is 11.8 Å². The van der Waals surface area contributed by atoms with E-state index in [1.807, 2.05) is 0 Å². The topological polar surface area (TPSA) is 26.3 Å². The summed E-state index contributed by atoms with van der Waals surface area (Å²) in [4.78, 5) is 12.2. The van der Waals surface area contributed by atoms with Gasteiger partial charge in [-0.25, -0.2) is 0 Å². The zero-order valence-electron chi connectivity index (χ0n) is 13.4. The molecule has 0 aromatic rings. The van der Waals surface area contributed by atoms with E-state index in [1.165, 1.54) is 38.5 Å². The van der Waals surface area contributed by atoms with Crippen LogP contribution in [0.25, 0.3) is 0 Å². The quantitative estimate of drug-likeness (QED) is 0.696. The third-order valence-electron chi connectivity index (χ3n) is 7.22. The molecule has 3 atom stereocenters. The summed E-state index contributed by atoms with van der Waals surface area (Å²) in [5.74, 6) is 1.60. The van der Waals surface area contributed by atoms with Gasteiger partial charge in [-0.2, -0.15) is 0 Å². The van der Waals surface area contributed by atoms with Crippen LogP contribution in [0.1, 0.15) is 78.6 Å². The van der Waals surface area contributed by atoms with Crippen molar-refractivity contribution in [3.8, 4) is 0 Å². The largest absolute Gasteiger partial charge is 0.462 e. The van der Waals surface area contributed by atoms with Crippen molar-refractivity contribution in [2.45, 2.75) is 84.7 Å². The fraction of sp³-hybridized carbons (Fsp3) is 0.944. The van der Waals surface area contributed by atoms with Gasteiger partial charge in [-0.3, -0.25) is 4.79 Å². The number of rotatable bonds is 4. The molecule has 3 unspecified atom stereocenters. The molecule has 0 aromatic heterocycles. The van der Waals surface area contributed by atoms with Crippen molar-refractivity contribution in [1.29, 1.82) is 0 Å². The van der Waals surface area contributed by atoms with Crippen LogP contribution in [0.3, 0.4) is 0 Å². The Bertz CT molecular complexity index is 381. The number of fused-ring (bicyclic) bond motifs is 2. The number of hydrogen-bond donors (Lipinski definition) is 0. The predicted octanol–water partition coefficient (Wildman–Crippen LogP) is 4.71. The van der Waals surface area contributed by atoms with Gasteiger partial charge >= 0.3 is 5.97 Å². The van der Waals surface area contributed by atoms with E-state index in [4.69, 9.17) is 4.74 Å². The second kappa shape index (κ2) is 5.03. The molecule has 0 N–H and O–H groups in total. The fourth-order valence-electron chi connectivity index (χ4n) is 5.15. The molecule has 3 aliphatic carbocycles. The van der Waals surface area contributed by atoms with Gasteiger partial charge < -0.3 is 4.74 Å². The van der Waals surface area contributed by atoms with Crippen molar-refractivity contribution < 1.29 is 9.53 Å². The Hall–Kier alpha value is -0.530. The molecule has 0 aromatic carbocycles. The van der Waals surface area contributed by atoms with Crippen LogP contribution in [0.4, 0.5) is 0 Å². The first kappa shape index (κ1) is 14.4. The van der Waals surface area contributed by atoms with Crippen molar-refractivity contribution in [1.82, 2.24) is 0 Å². The van der Waals surface area contributed by atoms with Gasteiger partial charge in [0.2, 0.25) is 0 Å². The molecule has 3 saturated carbocycles. The van der Waals surface area contributed by atoms with Crippen molar-refractivity contribution in [3.63, 3.8) is 0 Å². The summed E-state index contributed by atoms with van der Waals surface area (Å²) in [5.41, 5.74) is 0.546. The van der Waals surface area contributed by atoms with E-state index in [2.05, 4.69) is 20.8 Å². The molecule has 114 valence electrons. The summed E-state index contributed by atoms with van der Waals surface area (Å²) in [6.45, 7) is 7.09. The van der Waals surface area contributed by atoms with Crippen LogP contribution < -0.4 is 0 Å². The molecular weight excluding hydrogens is 248 g/mol. The standard InChI is InChI=1S/C18H30O2/c1-17(2)14-10-11-18(17,3)15(12-14)20-16(19)9-8-13-6-4-5-7-13/h13-15H,4-12H2,1-3H3. The minimum atomic E-state index is 0.0616. The summed E-state index contributed by atoms with van der Waals surface area (Å²) in [7, 11) is 0. The van der Waals surface area contributed by atoms with Gasteiger partial charge in [0.05, 0.1) is 0 Å². The number of esters is 1. The summed E-state index contributed by atoms with van der Waals surface area (Å²) in [6.07, 6.45) is 10.9. The first-order valence-electron chi connectivity index (χ1n) is 8.63. The molecule has 3 rings (SSSR count). The Morgan fingerprint density at radius 1 is 1.15 bits per heavy atom. The van der Waals surface area contributed by atoms with Gasteiger partial charge in [0.25, 0.3) is 0 Å². The molecule has 0 saturated heterocycles. The predicted molar refractivity (Wildman–Crippen MR) is 80.3 cm³/mol. The third-order valence-corrected chi connectivity index (χ3v) is 7.22. The van der Waals surface area contributed by atoms with Gasteiger partial charge in [-0.1, -0.05) is 46.5 Å². The molecule has 3 fully saturated rings. The number of carbonyl (C=O) groups excluding carboxylic acids is 1. The maximum atomic E-state index is 12.2. The highest BCUT2D eigenvalue weighted by Crippen LogP contribution is 2.66. The summed E-state index contributed by atoms with van der Waals surface area (Å²) < 4.78 is 5.90. The molecule has 0 amide bonds. The lowest BCUT2D eigenvalue weighted by Crippen LogP contribution is -2.38. The summed E-state index contributed by atoms with van der Waals surface area (Å²) >= 11 is 0. The van der Waals surface area contributed by atoms with Crippen LogP contribution >= 0.6 is 0 Å². The molecular formula is C18H30O2. The molecule has 3 aliphatic rings. The first-order valence-corrected chi connectivity index (χ1v) is 8.63. The minimum Gasteiger partial charge on any atom is -0.462 e. The van der Waals surface area contributed by atoms with Crippen molar-refractivity contribution in [2.24, 2.45) is 22.7 Å². The lowest BCUT2D eigenvalue weighted by atomic mass is 9.70. The van der Waals surface area contributed by atoms with Gasteiger partial charge in [0.1, 0.15) is 6.10 Å². The van der Waals surface area contributed by atoms with Crippen LogP contribution in [-0.4, -0.2) is 12.1 Å². The molecule has 20 heavy (non-hydrogen) atoms. The first-order chi connectivity index (χ1) is 9.43. The summed E-state index contributed by atoms with van der Waals surface area (Å²) in [5, 5.41) is 0. The van der Waals surface area contributed by atoms with Crippen molar-refractivity contribution in [2.75, 3.05) is 0 Å². The Kier molecular flexibility index (Phi) is 3.63. The van der Waals surface area contributed by atoms with Gasteiger partial charge in [0, 0.05) is 11.8 Å². The van der Waals surface area contributed by atoms with E-state index in [0.717, 1.165) is 24.7 Å². The van der Waals surface area contributed by atoms with Crippen LogP contribution in [0.2, 0.25) is 0 Å². The Morgan fingerprint density at radius 3 is 2.40 bits per heavy atom. The average molecular weight is 278 g/mol. The maximum Gasteiger partial charge on any atom is 0.306 e. The van der Waals surface area contributed by atoms with E-state index < -0.39 is 0 Å². The molecule has 2 nitrogen and oxygen atoms in total. The highest BCUT2D eigenvalue weighted by molar-refractivity contribution is 5.69. The Morgan fingerprint density at radius 2 is 1.85 bits per heavy atom. The normalized spacial score (nSPS) is 39.4. The van der Waals surface area contributed by atoms with Gasteiger partial charge in [-0.15, -0.1) is 0 Å². The van der Waals surface area contributed by atoms with Crippen LogP contribution in [0.5, 0.6) is 0 Å². The lowest BCUT2D eigenvalue weighted by Gasteiger charge is -2.38. The van der Waals surface area contributed by atoms with E-state index in [1.54, 1.807) is 0 Å². The van der Waals surface area contributed by atoms with E-state index >= 15 is 0 Å². The zero-order valence-corrected chi connectivity index (χ0v) is 13.4. The number of hydrogen-bond acceptors (Lipinski definition) is 2. The Balaban J connectivity index is 1.52. The van der Waals surface area contributed by atoms with Crippen LogP contribution in [0.15, 0.2) is 0 Å². The second-order valence-electron chi connectivity index (χ2n) is 8.28. The fourth-order valence-corrected chi connectivity index (χ4v) is 5.15. The van der Waals surface area contributed by atoms with Crippen molar-refractivity contribution >= 4 is 5.97 Å². The molecule has 0 spiro atoms. The monoisotopic (exact) mass is 278 g/mol. The van der Waals surface area contributed by atoms with Crippen molar-refractivity contribution in [3.05, 3.63) is 0 Å². The third kappa shape index (κ3) is 2.19. The minimum absolute atomic E-state index is 0.0616. The molecule has 2 bridgehead atoms. The van der Waals surface area contributed by atoms with E-state index in [-0.39, 0.29) is 17.5 Å². The van der Waals surface area contributed by atoms with Crippen LogP contribution in [-0.2, 0) is 9.53 Å². The zero-order chi connectivity index (χ0) is 14.4. The van der Waals surface area contributed by atoms with Gasteiger partial charge in [0.15, 0.2) is 0 Å². The SMILES string of the molecule is CC1(C)C2CCC1(C)C(OC(=O)CCC1CCCC1)C2. The second-order valence-corrected chi connectivity index (χ2v) is 8.28. The molecule has 0 heterocycles. The van der Waals surface area contributed by atoms with E-state index in [9.17, 15) is 4.79 Å². The number of carbonyl (C=O) groups is 1. The summed E-state index contributed by atoms with van der Waals surface area (Å²) in [6, 6.07) is 0. The number of ether oxygens (including phenoxy) is 1. The molecule has 0 radical (unpaired) electrons. The smallest absolute Gasteiger partial charge is 0.306 e.